The molecule has 1 fully saturated rings. The molecular weight excluding hydrogens is 204 g/mol. The van der Waals surface area contributed by atoms with E-state index in [1.165, 1.54) is 0 Å². The highest BCUT2D eigenvalue weighted by Gasteiger charge is 2.22. The van der Waals surface area contributed by atoms with Gasteiger partial charge in [-0.2, -0.15) is 5.10 Å². The molecule has 2 rings (SSSR count). The molecule has 0 bridgehead atoms. The van der Waals surface area contributed by atoms with Crippen molar-refractivity contribution in [1.82, 2.24) is 15.2 Å². The van der Waals surface area contributed by atoms with E-state index in [4.69, 9.17) is 4.74 Å². The second-order valence-corrected chi connectivity index (χ2v) is 4.29. The van der Waals surface area contributed by atoms with Gasteiger partial charge in [0.05, 0.1) is 23.5 Å². The van der Waals surface area contributed by atoms with Crippen LogP contribution in [0.4, 0.5) is 5.95 Å². The quantitative estimate of drug-likeness (QED) is 0.839. The number of aromatic nitrogens is 3. The van der Waals surface area contributed by atoms with E-state index in [0.717, 1.165) is 30.8 Å². The van der Waals surface area contributed by atoms with Gasteiger partial charge >= 0.3 is 0 Å². The highest BCUT2D eigenvalue weighted by atomic mass is 16.5. The highest BCUT2D eigenvalue weighted by Crippen LogP contribution is 2.17. The van der Waals surface area contributed by atoms with E-state index in [9.17, 15) is 0 Å². The smallest absolute Gasteiger partial charge is 0.243 e. The minimum atomic E-state index is 0.228. The number of anilines is 1. The first-order valence-corrected chi connectivity index (χ1v) is 5.73. The second kappa shape index (κ2) is 4.74. The number of hydrogen-bond donors (Lipinski definition) is 1. The maximum absolute atomic E-state index is 5.60. The van der Waals surface area contributed by atoms with Gasteiger partial charge in [-0.05, 0) is 33.6 Å². The molecule has 1 aromatic rings. The molecule has 2 heterocycles. The maximum Gasteiger partial charge on any atom is 0.243 e. The molecule has 1 saturated heterocycles. The number of rotatable bonds is 3. The molecule has 2 unspecified atom stereocenters. The van der Waals surface area contributed by atoms with Gasteiger partial charge in [-0.25, -0.2) is 4.98 Å². The summed E-state index contributed by atoms with van der Waals surface area (Å²) in [4.78, 5) is 4.34. The molecule has 5 nitrogen and oxygen atoms in total. The van der Waals surface area contributed by atoms with Gasteiger partial charge in [-0.1, -0.05) is 0 Å². The Kier molecular flexibility index (Phi) is 3.33. The number of nitrogens with one attached hydrogen (secondary N) is 1. The van der Waals surface area contributed by atoms with Crippen LogP contribution in [0.25, 0.3) is 0 Å². The van der Waals surface area contributed by atoms with Crippen molar-refractivity contribution < 1.29 is 4.74 Å². The zero-order valence-electron chi connectivity index (χ0n) is 10.0. The highest BCUT2D eigenvalue weighted by molar-refractivity contribution is 5.26. The van der Waals surface area contributed by atoms with Crippen LogP contribution in [0.15, 0.2) is 0 Å². The molecule has 1 aliphatic heterocycles. The molecule has 1 aliphatic rings. The van der Waals surface area contributed by atoms with Crippen molar-refractivity contribution in [1.29, 1.82) is 0 Å². The van der Waals surface area contributed by atoms with Crippen LogP contribution in [0, 0.1) is 13.8 Å². The van der Waals surface area contributed by atoms with Crippen molar-refractivity contribution >= 4 is 5.95 Å². The molecular formula is C11H18N4O. The van der Waals surface area contributed by atoms with E-state index >= 15 is 0 Å². The first-order valence-electron chi connectivity index (χ1n) is 5.73. The lowest BCUT2D eigenvalue weighted by Crippen LogP contribution is -2.31. The van der Waals surface area contributed by atoms with Crippen LogP contribution in [0.5, 0.6) is 0 Å². The SMILES string of the molecule is Cc1nnc(NC(C)C2CCCO2)nc1C. The van der Waals surface area contributed by atoms with Crippen LogP contribution >= 0.6 is 0 Å². The van der Waals surface area contributed by atoms with E-state index in [1.54, 1.807) is 0 Å². The van der Waals surface area contributed by atoms with Gasteiger partial charge in [0.15, 0.2) is 0 Å². The van der Waals surface area contributed by atoms with Gasteiger partial charge in [0, 0.05) is 6.61 Å². The van der Waals surface area contributed by atoms with Crippen molar-refractivity contribution in [3.05, 3.63) is 11.4 Å². The average Bonchev–Trinajstić information content (AvgIpc) is 2.77. The van der Waals surface area contributed by atoms with Crippen LogP contribution in [-0.4, -0.2) is 33.9 Å². The van der Waals surface area contributed by atoms with Crippen LogP contribution < -0.4 is 5.32 Å². The molecule has 0 amide bonds. The molecule has 88 valence electrons. The summed E-state index contributed by atoms with van der Waals surface area (Å²) in [5, 5.41) is 11.3. The standard InChI is InChI=1S/C11H18N4O/c1-7-8(2)14-15-11(12-7)13-9(3)10-5-4-6-16-10/h9-10H,4-6H2,1-3H3,(H,12,13,15). The van der Waals surface area contributed by atoms with Crippen molar-refractivity contribution in [3.63, 3.8) is 0 Å². The van der Waals surface area contributed by atoms with Crippen molar-refractivity contribution in [2.24, 2.45) is 0 Å². The number of ether oxygens (including phenoxy) is 1. The first-order chi connectivity index (χ1) is 7.66. The lowest BCUT2D eigenvalue weighted by atomic mass is 10.1. The monoisotopic (exact) mass is 222 g/mol. The Morgan fingerprint density at radius 1 is 1.31 bits per heavy atom. The largest absolute Gasteiger partial charge is 0.376 e. The summed E-state index contributed by atoms with van der Waals surface area (Å²) in [5.41, 5.74) is 1.78. The fourth-order valence-electron chi connectivity index (χ4n) is 1.81. The summed E-state index contributed by atoms with van der Waals surface area (Å²) in [6, 6.07) is 0.228. The molecule has 2 atom stereocenters. The summed E-state index contributed by atoms with van der Waals surface area (Å²) in [7, 11) is 0. The predicted molar refractivity (Wildman–Crippen MR) is 61.4 cm³/mol. The summed E-state index contributed by atoms with van der Waals surface area (Å²) in [5.74, 6) is 0.589. The molecule has 0 spiro atoms. The van der Waals surface area contributed by atoms with Gasteiger partial charge in [-0.15, -0.1) is 5.10 Å². The van der Waals surface area contributed by atoms with E-state index in [2.05, 4.69) is 27.4 Å². The molecule has 1 N–H and O–H groups in total. The van der Waals surface area contributed by atoms with Gasteiger partial charge in [0.25, 0.3) is 0 Å². The van der Waals surface area contributed by atoms with Crippen LogP contribution in [0.2, 0.25) is 0 Å². The van der Waals surface area contributed by atoms with Crippen molar-refractivity contribution in [3.8, 4) is 0 Å². The molecule has 5 heteroatoms. The van der Waals surface area contributed by atoms with Gasteiger partial charge in [0.1, 0.15) is 0 Å². The normalized spacial score (nSPS) is 22.1. The number of nitrogens with zero attached hydrogens (tertiary/aromatic N) is 3. The lowest BCUT2D eigenvalue weighted by Gasteiger charge is -2.19. The fraction of sp³-hybridized carbons (Fsp3) is 0.727. The number of hydrogen-bond acceptors (Lipinski definition) is 5. The summed E-state index contributed by atoms with van der Waals surface area (Å²) >= 11 is 0. The molecule has 0 saturated carbocycles. The van der Waals surface area contributed by atoms with Crippen LogP contribution in [-0.2, 0) is 4.74 Å². The zero-order valence-corrected chi connectivity index (χ0v) is 10.0. The first kappa shape index (κ1) is 11.3. The molecule has 0 aliphatic carbocycles. The minimum absolute atomic E-state index is 0.228. The summed E-state index contributed by atoms with van der Waals surface area (Å²) in [6.07, 6.45) is 2.51. The van der Waals surface area contributed by atoms with Gasteiger partial charge in [0.2, 0.25) is 5.95 Å². The van der Waals surface area contributed by atoms with Gasteiger partial charge < -0.3 is 10.1 Å². The summed E-state index contributed by atoms with van der Waals surface area (Å²) in [6.45, 7) is 6.80. The predicted octanol–water partition coefficient (Wildman–Crippen LogP) is 1.47. The third-order valence-electron chi connectivity index (χ3n) is 2.97. The molecule has 0 radical (unpaired) electrons. The zero-order chi connectivity index (χ0) is 11.5. The molecule has 16 heavy (non-hydrogen) atoms. The lowest BCUT2D eigenvalue weighted by molar-refractivity contribution is 0.0994. The molecule has 1 aromatic heterocycles. The Bertz CT molecular complexity index is 363. The Morgan fingerprint density at radius 2 is 2.12 bits per heavy atom. The van der Waals surface area contributed by atoms with Crippen LogP contribution in [0.1, 0.15) is 31.2 Å². The van der Waals surface area contributed by atoms with E-state index in [0.29, 0.717) is 5.95 Å². The maximum atomic E-state index is 5.60. The number of aryl methyl sites for hydroxylation is 2. The second-order valence-electron chi connectivity index (χ2n) is 4.29. The Morgan fingerprint density at radius 3 is 2.75 bits per heavy atom. The van der Waals surface area contributed by atoms with Crippen LogP contribution in [0.3, 0.4) is 0 Å². The van der Waals surface area contributed by atoms with Gasteiger partial charge in [-0.3, -0.25) is 0 Å². The Balaban J connectivity index is 1.99. The average molecular weight is 222 g/mol. The Hall–Kier alpha value is -1.23. The van der Waals surface area contributed by atoms with Crippen molar-refractivity contribution in [2.45, 2.75) is 45.8 Å². The third-order valence-corrected chi connectivity index (χ3v) is 2.97. The van der Waals surface area contributed by atoms with Crippen molar-refractivity contribution in [2.75, 3.05) is 11.9 Å². The van der Waals surface area contributed by atoms with E-state index in [-0.39, 0.29) is 12.1 Å². The Labute approximate surface area is 95.6 Å². The summed E-state index contributed by atoms with van der Waals surface area (Å²) < 4.78 is 5.60. The third kappa shape index (κ3) is 2.47. The van der Waals surface area contributed by atoms with E-state index < -0.39 is 0 Å². The topological polar surface area (TPSA) is 59.9 Å². The fourth-order valence-corrected chi connectivity index (χ4v) is 1.81. The van der Waals surface area contributed by atoms with E-state index in [1.807, 2.05) is 13.8 Å². The minimum Gasteiger partial charge on any atom is -0.376 e. The molecule has 0 aromatic carbocycles.